The molecule has 0 unspecified atom stereocenters. The van der Waals surface area contributed by atoms with Gasteiger partial charge in [0.1, 0.15) is 6.04 Å². The number of carbonyl (C=O) groups is 3. The summed E-state index contributed by atoms with van der Waals surface area (Å²) in [6.07, 6.45) is 35.5. The summed E-state index contributed by atoms with van der Waals surface area (Å²) < 4.78 is 0. The van der Waals surface area contributed by atoms with Crippen LogP contribution in [-0.4, -0.2) is 40.5 Å². The van der Waals surface area contributed by atoms with E-state index < -0.39 is 12.0 Å². The van der Waals surface area contributed by atoms with Crippen LogP contribution in [0.15, 0.2) is 85.2 Å². The molecule has 0 aromatic carbocycles. The predicted octanol–water partition coefficient (Wildman–Crippen LogP) is 7.57. The van der Waals surface area contributed by atoms with Gasteiger partial charge in [-0.3, -0.25) is 14.6 Å². The number of aliphatic carboxylic acids is 1. The molecule has 7 heteroatoms. The van der Waals surface area contributed by atoms with E-state index in [1.807, 2.05) is 19.1 Å². The maximum atomic E-state index is 12.2. The number of hydrogen-bond acceptors (Lipinski definition) is 4. The molecule has 43 heavy (non-hydrogen) atoms. The Morgan fingerprint density at radius 1 is 0.814 bits per heavy atom. The smallest absolute Gasteiger partial charge is 0.326 e. The molecule has 1 rings (SSSR count). The van der Waals surface area contributed by atoms with Crippen molar-refractivity contribution < 1.29 is 19.5 Å². The standard InChI is InChI=1S/C36H51N3O4/c1-3-4-5-6-7-8-9-10-11-12-13-14-15-16-17-18-19-25-34(40)37-29-21-20-24-33(36(42)43)39-35(41)26-22-23-32-28-27-31(2)38-30-32/h4-5,7-8,10-11,13-14,16-17,22-23,27-28,30,33H,3,6,9,12,15,18-21,24-26,29H2,1-2H3,(H,37,40)(H,39,41)(H,42,43)/b5-4-,8-7-,11-10-,14-13-,17-16-,23-22+/t33-/m0/s1. The molecule has 0 bridgehead atoms. The van der Waals surface area contributed by atoms with Crippen molar-refractivity contribution in [3.8, 4) is 0 Å². The molecule has 0 spiro atoms. The lowest BCUT2D eigenvalue weighted by Crippen LogP contribution is -2.40. The zero-order chi connectivity index (χ0) is 31.4. The number of amides is 2. The number of carboxylic acid groups (broad SMARTS) is 1. The first-order chi connectivity index (χ1) is 20.9. The van der Waals surface area contributed by atoms with Crippen LogP contribution in [0.4, 0.5) is 0 Å². The Kier molecular flexibility index (Phi) is 22.1. The normalized spacial score (nSPS) is 12.9. The van der Waals surface area contributed by atoms with E-state index in [2.05, 4.69) is 83.3 Å². The van der Waals surface area contributed by atoms with Crippen LogP contribution in [0, 0.1) is 6.92 Å². The molecular weight excluding hydrogens is 538 g/mol. The minimum absolute atomic E-state index is 0.00556. The summed E-state index contributed by atoms with van der Waals surface area (Å²) in [7, 11) is 0. The predicted molar refractivity (Wildman–Crippen MR) is 177 cm³/mol. The number of carboxylic acids is 1. The van der Waals surface area contributed by atoms with Gasteiger partial charge in [0.25, 0.3) is 0 Å². The van der Waals surface area contributed by atoms with Crippen LogP contribution in [0.3, 0.4) is 0 Å². The lowest BCUT2D eigenvalue weighted by atomic mass is 10.1. The Labute approximate surface area is 258 Å². The molecule has 0 aliphatic rings. The molecule has 7 nitrogen and oxygen atoms in total. The third-order valence-electron chi connectivity index (χ3n) is 6.36. The molecule has 1 aromatic rings. The maximum absolute atomic E-state index is 12.2. The van der Waals surface area contributed by atoms with E-state index in [-0.39, 0.29) is 18.2 Å². The molecule has 0 radical (unpaired) electrons. The molecule has 2 amide bonds. The highest BCUT2D eigenvalue weighted by Crippen LogP contribution is 2.05. The summed E-state index contributed by atoms with van der Waals surface area (Å²) in [6, 6.07) is 2.85. The van der Waals surface area contributed by atoms with Crippen molar-refractivity contribution in [3.63, 3.8) is 0 Å². The zero-order valence-electron chi connectivity index (χ0n) is 26.0. The van der Waals surface area contributed by atoms with Gasteiger partial charge in [-0.1, -0.05) is 85.9 Å². The highest BCUT2D eigenvalue weighted by Gasteiger charge is 2.18. The van der Waals surface area contributed by atoms with Gasteiger partial charge in [-0.05, 0) is 82.8 Å². The molecule has 1 heterocycles. The van der Waals surface area contributed by atoms with Crippen molar-refractivity contribution in [1.82, 2.24) is 15.6 Å². The van der Waals surface area contributed by atoms with Crippen molar-refractivity contribution in [3.05, 3.63) is 96.4 Å². The second kappa shape index (κ2) is 25.7. The Hall–Kier alpha value is -4.00. The second-order valence-electron chi connectivity index (χ2n) is 10.2. The highest BCUT2D eigenvalue weighted by molar-refractivity contribution is 5.84. The van der Waals surface area contributed by atoms with E-state index >= 15 is 0 Å². The summed E-state index contributed by atoms with van der Waals surface area (Å²) in [5, 5.41) is 14.9. The first kappa shape index (κ1) is 37.0. The zero-order valence-corrected chi connectivity index (χ0v) is 26.0. The summed E-state index contributed by atoms with van der Waals surface area (Å²) >= 11 is 0. The van der Waals surface area contributed by atoms with Gasteiger partial charge >= 0.3 is 5.97 Å². The lowest BCUT2D eigenvalue weighted by molar-refractivity contribution is -0.142. The Bertz CT molecular complexity index is 1100. The van der Waals surface area contributed by atoms with Gasteiger partial charge in [-0.2, -0.15) is 0 Å². The summed E-state index contributed by atoms with van der Waals surface area (Å²) in [6.45, 7) is 4.53. The minimum Gasteiger partial charge on any atom is -0.480 e. The molecule has 0 saturated heterocycles. The molecule has 1 atom stereocenters. The first-order valence-electron chi connectivity index (χ1n) is 15.5. The van der Waals surface area contributed by atoms with Crippen LogP contribution in [0.1, 0.15) is 95.2 Å². The monoisotopic (exact) mass is 589 g/mol. The van der Waals surface area contributed by atoms with Crippen molar-refractivity contribution >= 4 is 23.9 Å². The van der Waals surface area contributed by atoms with E-state index in [9.17, 15) is 19.5 Å². The van der Waals surface area contributed by atoms with Crippen molar-refractivity contribution in [2.75, 3.05) is 6.54 Å². The van der Waals surface area contributed by atoms with E-state index in [1.54, 1.807) is 18.3 Å². The van der Waals surface area contributed by atoms with Crippen molar-refractivity contribution in [1.29, 1.82) is 0 Å². The van der Waals surface area contributed by atoms with E-state index in [4.69, 9.17) is 0 Å². The fraction of sp³-hybridized carbons (Fsp3) is 0.444. The second-order valence-corrected chi connectivity index (χ2v) is 10.2. The van der Waals surface area contributed by atoms with Crippen molar-refractivity contribution in [2.45, 2.75) is 96.9 Å². The van der Waals surface area contributed by atoms with Crippen LogP contribution in [0.5, 0.6) is 0 Å². The molecule has 234 valence electrons. The van der Waals surface area contributed by atoms with Crippen molar-refractivity contribution in [2.24, 2.45) is 0 Å². The summed E-state index contributed by atoms with van der Waals surface area (Å²) in [4.78, 5) is 40.0. The Morgan fingerprint density at radius 2 is 1.44 bits per heavy atom. The third-order valence-corrected chi connectivity index (χ3v) is 6.36. The van der Waals surface area contributed by atoms with E-state index in [1.165, 1.54) is 0 Å². The molecule has 0 saturated carbocycles. The molecule has 1 aromatic heterocycles. The van der Waals surface area contributed by atoms with Gasteiger partial charge in [-0.15, -0.1) is 0 Å². The fourth-order valence-corrected chi connectivity index (χ4v) is 3.93. The van der Waals surface area contributed by atoms with Crippen LogP contribution in [0.25, 0.3) is 6.08 Å². The third kappa shape index (κ3) is 22.3. The number of hydrogen-bond donors (Lipinski definition) is 3. The number of carbonyl (C=O) groups excluding carboxylic acids is 2. The van der Waals surface area contributed by atoms with Crippen LogP contribution >= 0.6 is 0 Å². The quantitative estimate of drug-likeness (QED) is 0.0901. The van der Waals surface area contributed by atoms with Gasteiger partial charge < -0.3 is 15.7 Å². The van der Waals surface area contributed by atoms with Crippen LogP contribution in [0.2, 0.25) is 0 Å². The summed E-state index contributed by atoms with van der Waals surface area (Å²) in [5.74, 6) is -1.39. The average Bonchev–Trinajstić information content (AvgIpc) is 2.98. The number of rotatable bonds is 23. The Morgan fingerprint density at radius 3 is 2.02 bits per heavy atom. The minimum atomic E-state index is -1.06. The highest BCUT2D eigenvalue weighted by atomic mass is 16.4. The fourth-order valence-electron chi connectivity index (χ4n) is 3.93. The average molecular weight is 590 g/mol. The number of aromatic nitrogens is 1. The Balaban J connectivity index is 2.07. The molecule has 3 N–H and O–H groups in total. The van der Waals surface area contributed by atoms with Gasteiger partial charge in [0.05, 0.1) is 0 Å². The van der Waals surface area contributed by atoms with Gasteiger partial charge in [0, 0.05) is 31.3 Å². The van der Waals surface area contributed by atoms with E-state index in [0.717, 1.165) is 56.2 Å². The molecule has 0 aliphatic carbocycles. The molecule has 0 fully saturated rings. The van der Waals surface area contributed by atoms with E-state index in [0.29, 0.717) is 32.2 Å². The largest absolute Gasteiger partial charge is 0.480 e. The number of unbranched alkanes of at least 4 members (excludes halogenated alkanes) is 2. The number of pyridine rings is 1. The maximum Gasteiger partial charge on any atom is 0.326 e. The first-order valence-corrected chi connectivity index (χ1v) is 15.5. The number of allylic oxidation sites excluding steroid dienone is 10. The van der Waals surface area contributed by atoms with Gasteiger partial charge in [-0.25, -0.2) is 4.79 Å². The number of nitrogens with one attached hydrogen (secondary N) is 2. The summed E-state index contributed by atoms with van der Waals surface area (Å²) in [5.41, 5.74) is 1.79. The van der Waals surface area contributed by atoms with Gasteiger partial charge in [0.15, 0.2) is 0 Å². The topological polar surface area (TPSA) is 108 Å². The lowest BCUT2D eigenvalue weighted by Gasteiger charge is -2.14. The van der Waals surface area contributed by atoms with Crippen LogP contribution < -0.4 is 10.6 Å². The number of aryl methyl sites for hydroxylation is 1. The SMILES string of the molecule is CC/C=C\C/C=C\C/C=C\C/C=C\C/C=C\CCCC(=O)NCCCC[C@H](NC(=O)C/C=C/c1ccc(C)nc1)C(=O)O. The molecule has 0 aliphatic heterocycles. The molecular formula is C36H51N3O4. The van der Waals surface area contributed by atoms with Crippen LogP contribution in [-0.2, 0) is 14.4 Å². The number of nitrogens with zero attached hydrogens (tertiary/aromatic N) is 1. The van der Waals surface area contributed by atoms with Gasteiger partial charge in [0.2, 0.25) is 11.8 Å².